The van der Waals surface area contributed by atoms with Gasteiger partial charge in [0, 0.05) is 32.2 Å². The summed E-state index contributed by atoms with van der Waals surface area (Å²) in [6.45, 7) is 12.4. The number of ether oxygens (including phenoxy) is 2. The topological polar surface area (TPSA) is 117 Å². The first-order valence-corrected chi connectivity index (χ1v) is 16.8. The van der Waals surface area contributed by atoms with E-state index >= 15 is 0 Å². The lowest BCUT2D eigenvalue weighted by Crippen LogP contribution is -2.43. The van der Waals surface area contributed by atoms with E-state index in [2.05, 4.69) is 39.2 Å². The number of amides is 1. The van der Waals surface area contributed by atoms with Crippen LogP contribution in [0.1, 0.15) is 62.6 Å². The first-order chi connectivity index (χ1) is 20.0. The molecule has 3 fully saturated rings. The van der Waals surface area contributed by atoms with Gasteiger partial charge in [-0.25, -0.2) is 23.2 Å². The number of benzene rings is 1. The number of carbonyl (C=O) groups excluding carboxylic acids is 1. The molecule has 2 aromatic rings. The molecule has 0 aliphatic carbocycles. The minimum absolute atomic E-state index is 0.129. The van der Waals surface area contributed by atoms with E-state index < -0.39 is 15.4 Å². The number of hydrogen-bond acceptors (Lipinski definition) is 10. The smallest absolute Gasteiger partial charge is 0.410 e. The average molecular weight is 599 g/mol. The summed E-state index contributed by atoms with van der Waals surface area (Å²) in [5.41, 5.74) is 3.64. The Labute approximate surface area is 248 Å². The molecule has 42 heavy (non-hydrogen) atoms. The standard InChI is InChI=1S/C30H42N6O5S/c1-20-15-22(21-5-8-34(9-6-21)23-7-10-36(17-23)29(37)41-30(2,3)4)16-25-26(20)40-18-24-27(33-25)31-19-32-28(24)35-11-13-42(38,39)14-12-35/h15-16,19,21,23H,5-14,17-18H2,1-4H3,(H,31,32,33)/t23-/m0/s1. The fourth-order valence-corrected chi connectivity index (χ4v) is 7.77. The van der Waals surface area contributed by atoms with E-state index in [9.17, 15) is 13.2 Å². The molecule has 4 aliphatic heterocycles. The van der Waals surface area contributed by atoms with Gasteiger partial charge in [-0.2, -0.15) is 0 Å². The minimum Gasteiger partial charge on any atom is -0.486 e. The van der Waals surface area contributed by atoms with E-state index in [1.165, 1.54) is 11.9 Å². The Morgan fingerprint density at radius 2 is 1.79 bits per heavy atom. The molecule has 1 aromatic carbocycles. The lowest BCUT2D eigenvalue weighted by molar-refractivity contribution is 0.0276. The Balaban J connectivity index is 1.12. The Kier molecular flexibility index (Phi) is 7.71. The predicted octanol–water partition coefficient (Wildman–Crippen LogP) is 3.84. The maximum atomic E-state index is 12.5. The first-order valence-electron chi connectivity index (χ1n) is 15.0. The normalized spacial score (nSPS) is 22.9. The number of aromatic nitrogens is 2. The Bertz CT molecular complexity index is 1440. The molecule has 0 spiro atoms. The average Bonchev–Trinajstić information content (AvgIpc) is 3.35. The third kappa shape index (κ3) is 6.15. The highest BCUT2D eigenvalue weighted by molar-refractivity contribution is 7.91. The van der Waals surface area contributed by atoms with Gasteiger partial charge in [-0.1, -0.05) is 6.07 Å². The van der Waals surface area contributed by atoms with E-state index in [1.54, 1.807) is 0 Å². The Hall–Kier alpha value is -3.12. The van der Waals surface area contributed by atoms with Crippen molar-refractivity contribution in [2.24, 2.45) is 0 Å². The summed E-state index contributed by atoms with van der Waals surface area (Å²) in [6.07, 6.45) is 4.43. The maximum Gasteiger partial charge on any atom is 0.410 e. The molecule has 1 aromatic heterocycles. The van der Waals surface area contributed by atoms with Crippen LogP contribution in [0, 0.1) is 6.92 Å². The van der Waals surface area contributed by atoms with Gasteiger partial charge in [0.25, 0.3) is 0 Å². The van der Waals surface area contributed by atoms with Crippen molar-refractivity contribution >= 4 is 33.3 Å². The highest BCUT2D eigenvalue weighted by Crippen LogP contribution is 2.41. The number of aryl methyl sites for hydroxylation is 1. The van der Waals surface area contributed by atoms with Crippen LogP contribution in [0.5, 0.6) is 5.75 Å². The fourth-order valence-electron chi connectivity index (χ4n) is 6.56. The molecule has 228 valence electrons. The fraction of sp³-hybridized carbons (Fsp3) is 0.633. The molecule has 1 amide bonds. The number of likely N-dealkylation sites (tertiary alicyclic amines) is 2. The van der Waals surface area contributed by atoms with E-state index in [-0.39, 0.29) is 17.6 Å². The summed E-state index contributed by atoms with van der Waals surface area (Å²) in [5.74, 6) is 2.95. The number of nitrogens with zero attached hydrogens (tertiary/aromatic N) is 5. The summed E-state index contributed by atoms with van der Waals surface area (Å²) >= 11 is 0. The molecule has 0 unspecified atom stereocenters. The third-order valence-electron chi connectivity index (χ3n) is 8.81. The van der Waals surface area contributed by atoms with Gasteiger partial charge < -0.3 is 24.6 Å². The zero-order valence-electron chi connectivity index (χ0n) is 25.1. The van der Waals surface area contributed by atoms with Crippen molar-refractivity contribution in [1.29, 1.82) is 0 Å². The molecule has 5 heterocycles. The van der Waals surface area contributed by atoms with Crippen LogP contribution >= 0.6 is 0 Å². The summed E-state index contributed by atoms with van der Waals surface area (Å²) in [5, 5.41) is 3.52. The summed E-state index contributed by atoms with van der Waals surface area (Å²) < 4.78 is 35.8. The van der Waals surface area contributed by atoms with Crippen LogP contribution in [0.4, 0.5) is 22.1 Å². The van der Waals surface area contributed by atoms with Crippen molar-refractivity contribution in [1.82, 2.24) is 19.8 Å². The highest BCUT2D eigenvalue weighted by atomic mass is 32.2. The number of hydrogen-bond donors (Lipinski definition) is 1. The van der Waals surface area contributed by atoms with E-state index in [0.717, 1.165) is 73.8 Å². The second kappa shape index (κ2) is 11.2. The maximum absolute atomic E-state index is 12.5. The number of sulfone groups is 1. The largest absolute Gasteiger partial charge is 0.486 e. The van der Waals surface area contributed by atoms with E-state index in [1.807, 2.05) is 30.6 Å². The Morgan fingerprint density at radius 1 is 1.05 bits per heavy atom. The lowest BCUT2D eigenvalue weighted by atomic mass is 9.87. The molecule has 1 atom stereocenters. The molecule has 11 nitrogen and oxygen atoms in total. The van der Waals surface area contributed by atoms with Crippen molar-refractivity contribution in [2.75, 3.05) is 61.0 Å². The van der Waals surface area contributed by atoms with Crippen LogP contribution in [-0.2, 0) is 21.2 Å². The predicted molar refractivity (Wildman–Crippen MR) is 161 cm³/mol. The summed E-state index contributed by atoms with van der Waals surface area (Å²) in [4.78, 5) is 28.0. The number of piperidine rings is 1. The molecule has 4 aliphatic rings. The molecule has 6 rings (SSSR count). The zero-order chi connectivity index (χ0) is 29.6. The van der Waals surface area contributed by atoms with Gasteiger partial charge in [0.1, 0.15) is 35.9 Å². The van der Waals surface area contributed by atoms with Crippen molar-refractivity contribution in [3.8, 4) is 5.75 Å². The van der Waals surface area contributed by atoms with Crippen molar-refractivity contribution < 1.29 is 22.7 Å². The van der Waals surface area contributed by atoms with Gasteiger partial charge in [-0.05, 0) is 83.2 Å². The molecule has 1 N–H and O–H groups in total. The SMILES string of the molecule is Cc1cc(C2CCN([C@H]3CCN(C(=O)OC(C)(C)C)C3)CC2)cc2c1OCc1c(ncnc1N1CCS(=O)(=O)CC1)N2. The van der Waals surface area contributed by atoms with Crippen LogP contribution in [-0.4, -0.2) is 96.7 Å². The number of carbonyl (C=O) groups is 1. The molecule has 0 radical (unpaired) electrons. The number of fused-ring (bicyclic) bond motifs is 2. The van der Waals surface area contributed by atoms with Crippen molar-refractivity contribution in [2.45, 2.75) is 71.1 Å². The molecule has 12 heteroatoms. The van der Waals surface area contributed by atoms with Gasteiger partial charge in [0.2, 0.25) is 0 Å². The monoisotopic (exact) mass is 598 g/mol. The van der Waals surface area contributed by atoms with E-state index in [0.29, 0.717) is 37.5 Å². The van der Waals surface area contributed by atoms with Crippen LogP contribution in [0.25, 0.3) is 0 Å². The molecular formula is C30H42N6O5S. The summed E-state index contributed by atoms with van der Waals surface area (Å²) in [7, 11) is -2.99. The van der Waals surface area contributed by atoms with Gasteiger partial charge in [-0.3, -0.25) is 4.90 Å². The summed E-state index contributed by atoms with van der Waals surface area (Å²) in [6, 6.07) is 4.83. The number of anilines is 3. The minimum atomic E-state index is -2.99. The first kappa shape index (κ1) is 29.0. The molecule has 0 bridgehead atoms. The Morgan fingerprint density at radius 3 is 2.50 bits per heavy atom. The lowest BCUT2D eigenvalue weighted by Gasteiger charge is -2.36. The van der Waals surface area contributed by atoms with E-state index in [4.69, 9.17) is 9.47 Å². The van der Waals surface area contributed by atoms with Gasteiger partial charge in [0.05, 0.1) is 22.8 Å². The van der Waals surface area contributed by atoms with Gasteiger partial charge in [0.15, 0.2) is 9.84 Å². The number of nitrogens with one attached hydrogen (secondary N) is 1. The number of rotatable bonds is 3. The highest BCUT2D eigenvalue weighted by Gasteiger charge is 2.35. The van der Waals surface area contributed by atoms with Gasteiger partial charge in [-0.15, -0.1) is 0 Å². The second-order valence-corrected chi connectivity index (χ2v) is 15.3. The quantitative estimate of drug-likeness (QED) is 0.558. The van der Waals surface area contributed by atoms with Gasteiger partial charge >= 0.3 is 6.09 Å². The third-order valence-corrected chi connectivity index (χ3v) is 10.4. The van der Waals surface area contributed by atoms with Crippen molar-refractivity contribution in [3.63, 3.8) is 0 Å². The van der Waals surface area contributed by atoms with Crippen LogP contribution in [0.15, 0.2) is 18.5 Å². The molecule has 3 saturated heterocycles. The van der Waals surface area contributed by atoms with Crippen molar-refractivity contribution in [3.05, 3.63) is 35.2 Å². The van der Waals surface area contributed by atoms with Crippen LogP contribution < -0.4 is 15.0 Å². The molecular weight excluding hydrogens is 556 g/mol. The molecule has 0 saturated carbocycles. The zero-order valence-corrected chi connectivity index (χ0v) is 25.9. The second-order valence-electron chi connectivity index (χ2n) is 13.0. The van der Waals surface area contributed by atoms with Crippen LogP contribution in [0.2, 0.25) is 0 Å². The van der Waals surface area contributed by atoms with Crippen LogP contribution in [0.3, 0.4) is 0 Å².